The zero-order valence-corrected chi connectivity index (χ0v) is 4.76. The van der Waals surface area contributed by atoms with E-state index in [0.717, 1.165) is 0 Å². The van der Waals surface area contributed by atoms with Crippen LogP contribution in [0.3, 0.4) is 0 Å². The molecule has 0 fully saturated rings. The Bertz CT molecular complexity index is 86.9. The molecule has 8 heavy (non-hydrogen) atoms. The summed E-state index contributed by atoms with van der Waals surface area (Å²) in [4.78, 5) is 0. The molecule has 0 spiro atoms. The Labute approximate surface area is 48.8 Å². The highest BCUT2D eigenvalue weighted by molar-refractivity contribution is 4.74. The first-order valence-electron chi connectivity index (χ1n) is 2.27. The van der Waals surface area contributed by atoms with Crippen molar-refractivity contribution in [1.82, 2.24) is 0 Å². The molecule has 0 saturated carbocycles. The van der Waals surface area contributed by atoms with Crippen LogP contribution < -0.4 is 0 Å². The molecule has 1 unspecified atom stereocenters. The summed E-state index contributed by atoms with van der Waals surface area (Å²) in [6.45, 7) is 2.25. The van der Waals surface area contributed by atoms with Gasteiger partial charge in [-0.3, -0.25) is 0 Å². The Morgan fingerprint density at radius 3 is 2.62 bits per heavy atom. The lowest BCUT2D eigenvalue weighted by Gasteiger charge is -2.03. The molecule has 0 saturated heterocycles. The lowest BCUT2D eigenvalue weighted by Crippen LogP contribution is -2.10. The molecular formula is C5H8NO2. The number of nitriles is 1. The van der Waals surface area contributed by atoms with Crippen molar-refractivity contribution in [3.05, 3.63) is 7.11 Å². The van der Waals surface area contributed by atoms with E-state index in [4.69, 9.17) is 10.00 Å². The molecule has 0 heterocycles. The van der Waals surface area contributed by atoms with Gasteiger partial charge < -0.3 is 9.47 Å². The van der Waals surface area contributed by atoms with Crippen LogP contribution in [0.5, 0.6) is 0 Å². The highest BCUT2D eigenvalue weighted by Crippen LogP contribution is 1.88. The van der Waals surface area contributed by atoms with Gasteiger partial charge in [-0.2, -0.15) is 5.26 Å². The smallest absolute Gasteiger partial charge is 0.248 e. The zero-order chi connectivity index (χ0) is 6.41. The van der Waals surface area contributed by atoms with Crippen LogP contribution >= 0.6 is 0 Å². The molecule has 0 aliphatic carbocycles. The van der Waals surface area contributed by atoms with E-state index in [1.165, 1.54) is 0 Å². The summed E-state index contributed by atoms with van der Waals surface area (Å²) in [7, 11) is 3.03. The molecule has 45 valence electrons. The predicted octanol–water partition coefficient (Wildman–Crippen LogP) is 0.681. The second-order valence-electron chi connectivity index (χ2n) is 1.08. The molecule has 0 aliphatic heterocycles. The van der Waals surface area contributed by atoms with Gasteiger partial charge in [0.15, 0.2) is 0 Å². The molecule has 0 aliphatic rings. The Kier molecular flexibility index (Phi) is 4.23. The van der Waals surface area contributed by atoms with Crippen LogP contribution in [-0.4, -0.2) is 12.9 Å². The average molecular weight is 114 g/mol. The van der Waals surface area contributed by atoms with Gasteiger partial charge >= 0.3 is 0 Å². The fourth-order valence-electron chi connectivity index (χ4n) is 0.274. The van der Waals surface area contributed by atoms with E-state index in [2.05, 4.69) is 11.8 Å². The maximum absolute atomic E-state index is 8.12. The molecule has 1 atom stereocenters. The van der Waals surface area contributed by atoms with Crippen LogP contribution in [0.25, 0.3) is 0 Å². The minimum Gasteiger partial charge on any atom is -0.341 e. The summed E-state index contributed by atoms with van der Waals surface area (Å²) >= 11 is 0. The van der Waals surface area contributed by atoms with Gasteiger partial charge in [-0.1, -0.05) is 0 Å². The van der Waals surface area contributed by atoms with Crippen molar-refractivity contribution >= 4 is 0 Å². The van der Waals surface area contributed by atoms with E-state index < -0.39 is 6.29 Å². The van der Waals surface area contributed by atoms with Crippen LogP contribution in [-0.2, 0) is 9.47 Å². The first kappa shape index (κ1) is 7.41. The van der Waals surface area contributed by atoms with Crippen molar-refractivity contribution in [2.45, 2.75) is 13.2 Å². The second kappa shape index (κ2) is 4.57. The van der Waals surface area contributed by atoms with Crippen molar-refractivity contribution in [2.24, 2.45) is 0 Å². The van der Waals surface area contributed by atoms with E-state index in [1.807, 2.05) is 0 Å². The van der Waals surface area contributed by atoms with Crippen LogP contribution in [0.1, 0.15) is 6.92 Å². The lowest BCUT2D eigenvalue weighted by molar-refractivity contribution is -0.0648. The normalized spacial score (nSPS) is 12.6. The number of ether oxygens (including phenoxy) is 2. The van der Waals surface area contributed by atoms with Crippen molar-refractivity contribution in [3.8, 4) is 6.07 Å². The molecule has 0 aromatic carbocycles. The average Bonchev–Trinajstić information content (AvgIpc) is 1.83. The fraction of sp³-hybridized carbons (Fsp3) is 0.600. The van der Waals surface area contributed by atoms with Crippen molar-refractivity contribution in [1.29, 1.82) is 5.26 Å². The van der Waals surface area contributed by atoms with E-state index in [-0.39, 0.29) is 0 Å². The van der Waals surface area contributed by atoms with Crippen LogP contribution in [0.15, 0.2) is 0 Å². The standard InChI is InChI=1S/C5H8NO2/c1-3-8-5(4-6)7-2/h5H,2-3H2,1H3. The van der Waals surface area contributed by atoms with E-state index in [0.29, 0.717) is 6.61 Å². The summed E-state index contributed by atoms with van der Waals surface area (Å²) in [5.74, 6) is 0. The van der Waals surface area contributed by atoms with Crippen LogP contribution in [0.2, 0.25) is 0 Å². The maximum Gasteiger partial charge on any atom is 0.248 e. The first-order valence-corrected chi connectivity index (χ1v) is 2.27. The Morgan fingerprint density at radius 1 is 1.88 bits per heavy atom. The summed E-state index contributed by atoms with van der Waals surface area (Å²) in [6.07, 6.45) is -0.806. The molecule has 0 rings (SSSR count). The van der Waals surface area contributed by atoms with Gasteiger partial charge in [-0.05, 0) is 6.92 Å². The largest absolute Gasteiger partial charge is 0.341 e. The number of rotatable bonds is 3. The van der Waals surface area contributed by atoms with Gasteiger partial charge in [0.2, 0.25) is 6.29 Å². The molecule has 0 aromatic heterocycles. The minimum atomic E-state index is -0.806. The predicted molar refractivity (Wildman–Crippen MR) is 27.5 cm³/mol. The second-order valence-corrected chi connectivity index (χ2v) is 1.08. The molecular weight excluding hydrogens is 106 g/mol. The van der Waals surface area contributed by atoms with E-state index in [9.17, 15) is 0 Å². The Morgan fingerprint density at radius 2 is 2.50 bits per heavy atom. The molecule has 0 bridgehead atoms. The lowest BCUT2D eigenvalue weighted by atomic mass is 10.7. The highest BCUT2D eigenvalue weighted by Gasteiger charge is 2.00. The molecule has 1 radical (unpaired) electrons. The van der Waals surface area contributed by atoms with Gasteiger partial charge in [-0.25, -0.2) is 0 Å². The Hall–Kier alpha value is -0.590. The van der Waals surface area contributed by atoms with Gasteiger partial charge in [0, 0.05) is 6.61 Å². The van der Waals surface area contributed by atoms with Gasteiger partial charge in [0.1, 0.15) is 6.07 Å². The Balaban J connectivity index is 3.26. The third-order valence-corrected chi connectivity index (χ3v) is 0.575. The summed E-state index contributed by atoms with van der Waals surface area (Å²) < 4.78 is 9.00. The minimum absolute atomic E-state index is 0.466. The quantitative estimate of drug-likeness (QED) is 0.506. The number of hydrogen-bond acceptors (Lipinski definition) is 3. The van der Waals surface area contributed by atoms with Gasteiger partial charge in [-0.15, -0.1) is 0 Å². The van der Waals surface area contributed by atoms with E-state index in [1.54, 1.807) is 13.0 Å². The highest BCUT2D eigenvalue weighted by atomic mass is 16.7. The number of hydrogen-bond donors (Lipinski definition) is 0. The van der Waals surface area contributed by atoms with Gasteiger partial charge in [0.05, 0.1) is 7.11 Å². The summed E-state index contributed by atoms with van der Waals surface area (Å²) in [5.41, 5.74) is 0. The monoisotopic (exact) mass is 114 g/mol. The SMILES string of the molecule is [CH2]OC(C#N)OCC. The fourth-order valence-corrected chi connectivity index (χ4v) is 0.274. The molecule has 0 amide bonds. The summed E-state index contributed by atoms with van der Waals surface area (Å²) in [5, 5.41) is 8.12. The van der Waals surface area contributed by atoms with E-state index >= 15 is 0 Å². The zero-order valence-electron chi connectivity index (χ0n) is 4.76. The van der Waals surface area contributed by atoms with Crippen molar-refractivity contribution < 1.29 is 9.47 Å². The number of nitrogens with zero attached hydrogens (tertiary/aromatic N) is 1. The third-order valence-electron chi connectivity index (χ3n) is 0.575. The maximum atomic E-state index is 8.12. The van der Waals surface area contributed by atoms with Crippen molar-refractivity contribution in [2.75, 3.05) is 6.61 Å². The third kappa shape index (κ3) is 2.56. The van der Waals surface area contributed by atoms with Gasteiger partial charge in [0.25, 0.3) is 0 Å². The molecule has 3 nitrogen and oxygen atoms in total. The molecule has 0 N–H and O–H groups in total. The van der Waals surface area contributed by atoms with Crippen molar-refractivity contribution in [3.63, 3.8) is 0 Å². The topological polar surface area (TPSA) is 42.2 Å². The van der Waals surface area contributed by atoms with Crippen LogP contribution in [0, 0.1) is 18.4 Å². The molecule has 0 aromatic rings. The first-order chi connectivity index (χ1) is 3.85. The molecule has 3 heteroatoms. The summed E-state index contributed by atoms with van der Waals surface area (Å²) in [6, 6.07) is 1.75. The van der Waals surface area contributed by atoms with Crippen LogP contribution in [0.4, 0.5) is 0 Å².